The number of carbonyl (C=O) groups excluding carboxylic acids is 1. The van der Waals surface area contributed by atoms with Crippen molar-refractivity contribution in [3.8, 4) is 0 Å². The van der Waals surface area contributed by atoms with Gasteiger partial charge in [-0.05, 0) is 24.3 Å². The van der Waals surface area contributed by atoms with E-state index >= 15 is 0 Å². The van der Waals surface area contributed by atoms with Crippen LogP contribution in [0.25, 0.3) is 0 Å². The molecule has 0 aromatic carbocycles. The minimum atomic E-state index is 0.338. The Morgan fingerprint density at radius 2 is 2.10 bits per heavy atom. The number of ketones is 1. The van der Waals surface area contributed by atoms with Gasteiger partial charge in [0.2, 0.25) is 0 Å². The molecule has 0 N–H and O–H groups in total. The van der Waals surface area contributed by atoms with E-state index in [1.807, 2.05) is 12.3 Å². The highest BCUT2D eigenvalue weighted by atomic mass is 32.2. The second kappa shape index (κ2) is 3.91. The first-order chi connectivity index (χ1) is 4.83. The fourth-order valence-corrected chi connectivity index (χ4v) is 3.19. The molecule has 0 aliphatic carbocycles. The summed E-state index contributed by atoms with van der Waals surface area (Å²) in [6, 6.07) is 0. The second-order valence-electron chi connectivity index (χ2n) is 2.59. The smallest absolute Gasteiger partial charge is 0.160 e. The number of hydrogen-bond donors (Lipinski definition) is 0. The zero-order chi connectivity index (χ0) is 7.40. The van der Waals surface area contributed by atoms with E-state index in [1.54, 1.807) is 0 Å². The molecule has 0 radical (unpaired) electrons. The van der Waals surface area contributed by atoms with Crippen LogP contribution in [-0.4, -0.2) is 22.7 Å². The van der Waals surface area contributed by atoms with E-state index in [0.717, 1.165) is 0 Å². The van der Waals surface area contributed by atoms with Crippen LogP contribution in [0, 0.1) is 0 Å². The summed E-state index contributed by atoms with van der Waals surface area (Å²) < 4.78 is 0. The van der Waals surface area contributed by atoms with Crippen molar-refractivity contribution in [3.63, 3.8) is 0 Å². The van der Waals surface area contributed by atoms with Gasteiger partial charge in [-0.2, -0.15) is 10.5 Å². The van der Waals surface area contributed by atoms with Crippen molar-refractivity contribution in [1.82, 2.24) is 0 Å². The Balaban J connectivity index is 2.45. The third-order valence-corrected chi connectivity index (χ3v) is 3.93. The Labute approximate surface area is 64.7 Å². The fourth-order valence-electron chi connectivity index (χ4n) is 1.06. The standard InChI is InChI=1S/C8H14OS/c1-2-8(9)7-10-5-3-4-6-10/h7H,2-6H2,1H3. The number of carbonyl (C=O) groups is 1. The first-order valence-corrected chi connectivity index (χ1v) is 5.49. The maximum absolute atomic E-state index is 10.9. The summed E-state index contributed by atoms with van der Waals surface area (Å²) >= 11 is 0. The normalized spacial score (nSPS) is 19.3. The van der Waals surface area contributed by atoms with Gasteiger partial charge in [-0.1, -0.05) is 6.92 Å². The van der Waals surface area contributed by atoms with Crippen LogP contribution >= 0.6 is 10.5 Å². The van der Waals surface area contributed by atoms with Crippen LogP contribution in [-0.2, 0) is 4.79 Å². The fraction of sp³-hybridized carbons (Fsp3) is 0.750. The third-order valence-electron chi connectivity index (χ3n) is 1.71. The molecule has 2 heteroatoms. The van der Waals surface area contributed by atoms with Crippen LogP contribution in [0.4, 0.5) is 0 Å². The van der Waals surface area contributed by atoms with Gasteiger partial charge in [0.1, 0.15) is 0 Å². The molecule has 1 rings (SSSR count). The van der Waals surface area contributed by atoms with Crippen LogP contribution < -0.4 is 0 Å². The molecule has 58 valence electrons. The Hall–Kier alpha value is -0.110. The molecule has 0 aromatic rings. The van der Waals surface area contributed by atoms with Gasteiger partial charge in [-0.15, -0.1) is 0 Å². The van der Waals surface area contributed by atoms with E-state index in [1.165, 1.54) is 24.3 Å². The molecule has 1 nitrogen and oxygen atoms in total. The van der Waals surface area contributed by atoms with Gasteiger partial charge in [0.05, 0.1) is 0 Å². The lowest BCUT2D eigenvalue weighted by Gasteiger charge is -1.94. The number of Topliss-reactive ketones (excluding diaryl/α,β-unsaturated/α-hetero) is 1. The van der Waals surface area contributed by atoms with Gasteiger partial charge >= 0.3 is 0 Å². The summed E-state index contributed by atoms with van der Waals surface area (Å²) in [5, 5.41) is 1.95. The minimum Gasteiger partial charge on any atom is -0.294 e. The van der Waals surface area contributed by atoms with Gasteiger partial charge in [-0.3, -0.25) is 4.79 Å². The predicted octanol–water partition coefficient (Wildman–Crippen LogP) is 1.83. The van der Waals surface area contributed by atoms with Crippen LogP contribution in [0.3, 0.4) is 0 Å². The Kier molecular flexibility index (Phi) is 3.13. The summed E-state index contributed by atoms with van der Waals surface area (Å²) in [4.78, 5) is 10.9. The molecule has 10 heavy (non-hydrogen) atoms. The average Bonchev–Trinajstić information content (AvgIpc) is 2.40. The van der Waals surface area contributed by atoms with E-state index in [4.69, 9.17) is 0 Å². The van der Waals surface area contributed by atoms with Crippen molar-refractivity contribution >= 4 is 21.6 Å². The highest BCUT2D eigenvalue weighted by molar-refractivity contribution is 8.16. The van der Waals surface area contributed by atoms with Crippen molar-refractivity contribution in [1.29, 1.82) is 0 Å². The molecule has 0 saturated carbocycles. The summed E-state index contributed by atoms with van der Waals surface area (Å²) in [6.07, 6.45) is 3.34. The molecule has 1 heterocycles. The lowest BCUT2D eigenvalue weighted by Crippen LogP contribution is -1.96. The van der Waals surface area contributed by atoms with Gasteiger partial charge < -0.3 is 0 Å². The van der Waals surface area contributed by atoms with Gasteiger partial charge in [0, 0.05) is 11.8 Å². The summed E-state index contributed by atoms with van der Waals surface area (Å²) in [5.41, 5.74) is 0. The predicted molar refractivity (Wildman–Crippen MR) is 47.9 cm³/mol. The molecule has 1 fully saturated rings. The van der Waals surface area contributed by atoms with E-state index in [9.17, 15) is 4.79 Å². The molecule has 0 spiro atoms. The van der Waals surface area contributed by atoms with Crippen LogP contribution in [0.1, 0.15) is 26.2 Å². The highest BCUT2D eigenvalue weighted by Gasteiger charge is 2.05. The molecule has 0 unspecified atom stereocenters. The van der Waals surface area contributed by atoms with E-state index < -0.39 is 0 Å². The highest BCUT2D eigenvalue weighted by Crippen LogP contribution is 2.23. The Morgan fingerprint density at radius 3 is 2.60 bits per heavy atom. The summed E-state index contributed by atoms with van der Waals surface area (Å²) in [5.74, 6) is 2.88. The summed E-state index contributed by atoms with van der Waals surface area (Å²) in [7, 11) is 0.368. The molecule has 0 aromatic heterocycles. The molecule has 0 atom stereocenters. The molecule has 0 amide bonds. The second-order valence-corrected chi connectivity index (χ2v) is 4.72. The van der Waals surface area contributed by atoms with Gasteiger partial charge in [0.15, 0.2) is 5.78 Å². The molecule has 1 saturated heterocycles. The minimum absolute atomic E-state index is 0.338. The monoisotopic (exact) mass is 158 g/mol. The van der Waals surface area contributed by atoms with Crippen molar-refractivity contribution in [2.75, 3.05) is 11.5 Å². The number of rotatable bonds is 2. The lowest BCUT2D eigenvalue weighted by molar-refractivity contribution is -0.112. The zero-order valence-corrected chi connectivity index (χ0v) is 7.25. The van der Waals surface area contributed by atoms with Crippen molar-refractivity contribution in [2.24, 2.45) is 0 Å². The zero-order valence-electron chi connectivity index (χ0n) is 6.43. The van der Waals surface area contributed by atoms with Crippen molar-refractivity contribution in [3.05, 3.63) is 0 Å². The molecule has 1 aliphatic heterocycles. The number of hydrogen-bond acceptors (Lipinski definition) is 1. The van der Waals surface area contributed by atoms with E-state index in [0.29, 0.717) is 22.7 Å². The topological polar surface area (TPSA) is 17.1 Å². The first-order valence-electron chi connectivity index (χ1n) is 3.87. The van der Waals surface area contributed by atoms with Crippen LogP contribution in [0.15, 0.2) is 0 Å². The molecule has 0 bridgehead atoms. The average molecular weight is 158 g/mol. The largest absolute Gasteiger partial charge is 0.294 e. The van der Waals surface area contributed by atoms with Crippen molar-refractivity contribution < 1.29 is 4.79 Å². The van der Waals surface area contributed by atoms with Crippen LogP contribution in [0.2, 0.25) is 0 Å². The Bertz CT molecular complexity index is 153. The molecular weight excluding hydrogens is 144 g/mol. The molecule has 1 aliphatic rings. The summed E-state index contributed by atoms with van der Waals surface area (Å²) in [6.45, 7) is 1.93. The third kappa shape index (κ3) is 2.25. The maximum atomic E-state index is 10.9. The van der Waals surface area contributed by atoms with Gasteiger partial charge in [0.25, 0.3) is 0 Å². The van der Waals surface area contributed by atoms with Crippen LogP contribution in [0.5, 0.6) is 0 Å². The maximum Gasteiger partial charge on any atom is 0.160 e. The molecular formula is C8H14OS. The van der Waals surface area contributed by atoms with E-state index in [2.05, 4.69) is 0 Å². The Morgan fingerprint density at radius 1 is 1.50 bits per heavy atom. The first kappa shape index (κ1) is 7.99. The van der Waals surface area contributed by atoms with Gasteiger partial charge in [-0.25, -0.2) is 0 Å². The van der Waals surface area contributed by atoms with Crippen molar-refractivity contribution in [2.45, 2.75) is 26.2 Å². The SMILES string of the molecule is CCC(=O)C=S1CCCC1. The quantitative estimate of drug-likeness (QED) is 0.560. The van der Waals surface area contributed by atoms with E-state index in [-0.39, 0.29) is 0 Å². The lowest BCUT2D eigenvalue weighted by atomic mass is 10.4.